The van der Waals surface area contributed by atoms with Gasteiger partial charge in [0.1, 0.15) is 0 Å². The van der Waals surface area contributed by atoms with Gasteiger partial charge in [-0.2, -0.15) is 0 Å². The van der Waals surface area contributed by atoms with Crippen molar-refractivity contribution in [2.75, 3.05) is 19.0 Å². The minimum Gasteiger partial charge on any atom is -0.383 e. The van der Waals surface area contributed by atoms with Crippen molar-refractivity contribution < 1.29 is 9.66 Å². The van der Waals surface area contributed by atoms with Crippen LogP contribution in [0.3, 0.4) is 0 Å². The molecule has 0 aliphatic heterocycles. The van der Waals surface area contributed by atoms with Crippen LogP contribution in [0.2, 0.25) is 0 Å². The van der Waals surface area contributed by atoms with E-state index in [4.69, 9.17) is 4.74 Å². The molecular weight excluding hydrogens is 234 g/mol. The first-order valence-electron chi connectivity index (χ1n) is 5.95. The highest BCUT2D eigenvalue weighted by Crippen LogP contribution is 2.23. The number of rotatable bonds is 7. The molecule has 0 spiro atoms. The largest absolute Gasteiger partial charge is 0.383 e. The lowest BCUT2D eigenvalue weighted by Crippen LogP contribution is -2.25. The average Bonchev–Trinajstić information content (AvgIpc) is 2.32. The Morgan fingerprint density at radius 1 is 1.61 bits per heavy atom. The molecule has 0 amide bonds. The van der Waals surface area contributed by atoms with Gasteiger partial charge in [-0.05, 0) is 18.9 Å². The molecule has 100 valence electrons. The molecule has 6 heteroatoms. The van der Waals surface area contributed by atoms with E-state index < -0.39 is 4.92 Å². The summed E-state index contributed by atoms with van der Waals surface area (Å²) >= 11 is 0. The molecule has 0 aromatic carbocycles. The number of ether oxygens (including phenoxy) is 1. The van der Waals surface area contributed by atoms with Crippen molar-refractivity contribution in [1.82, 2.24) is 4.98 Å². The summed E-state index contributed by atoms with van der Waals surface area (Å²) in [6.07, 6.45) is 3.46. The zero-order chi connectivity index (χ0) is 13.5. The van der Waals surface area contributed by atoms with Crippen LogP contribution in [0.15, 0.2) is 12.3 Å². The Labute approximate surface area is 107 Å². The zero-order valence-electron chi connectivity index (χ0n) is 11.0. The molecule has 0 saturated carbocycles. The van der Waals surface area contributed by atoms with Gasteiger partial charge in [-0.15, -0.1) is 0 Å². The number of aromatic nitrogens is 1. The molecule has 1 N–H and O–H groups in total. The van der Waals surface area contributed by atoms with Gasteiger partial charge in [0.05, 0.1) is 17.6 Å². The molecule has 0 saturated heterocycles. The summed E-state index contributed by atoms with van der Waals surface area (Å²) in [5, 5.41) is 14.0. The van der Waals surface area contributed by atoms with Gasteiger partial charge in [-0.3, -0.25) is 10.1 Å². The standard InChI is InChI=1S/C12H19N3O3/c1-4-5-10(8-18-3)14-12-11(15(16)17)6-9(2)7-13-12/h6-7,10H,4-5,8H2,1-3H3,(H,13,14). The van der Waals surface area contributed by atoms with Crippen molar-refractivity contribution in [3.8, 4) is 0 Å². The smallest absolute Gasteiger partial charge is 0.311 e. The number of nitrogens with one attached hydrogen (secondary N) is 1. The summed E-state index contributed by atoms with van der Waals surface area (Å²) in [6, 6.07) is 1.56. The average molecular weight is 253 g/mol. The number of nitro groups is 1. The third kappa shape index (κ3) is 3.96. The Hall–Kier alpha value is -1.69. The fraction of sp³-hybridized carbons (Fsp3) is 0.583. The van der Waals surface area contributed by atoms with E-state index in [-0.39, 0.29) is 11.7 Å². The Morgan fingerprint density at radius 3 is 2.89 bits per heavy atom. The van der Waals surface area contributed by atoms with Crippen molar-refractivity contribution in [2.45, 2.75) is 32.7 Å². The van der Waals surface area contributed by atoms with Gasteiger partial charge in [0.2, 0.25) is 5.82 Å². The SMILES string of the molecule is CCCC(COC)Nc1ncc(C)cc1[N+](=O)[O-]. The number of hydrogen-bond donors (Lipinski definition) is 1. The highest BCUT2D eigenvalue weighted by Gasteiger charge is 2.18. The Kier molecular flexibility index (Phi) is 5.51. The van der Waals surface area contributed by atoms with E-state index in [1.807, 2.05) is 0 Å². The normalized spacial score (nSPS) is 12.2. The second kappa shape index (κ2) is 6.90. The molecular formula is C12H19N3O3. The van der Waals surface area contributed by atoms with E-state index in [1.165, 1.54) is 6.07 Å². The molecule has 0 bridgehead atoms. The first-order chi connectivity index (χ1) is 8.58. The van der Waals surface area contributed by atoms with Gasteiger partial charge >= 0.3 is 5.69 Å². The lowest BCUT2D eigenvalue weighted by atomic mass is 10.1. The summed E-state index contributed by atoms with van der Waals surface area (Å²) in [7, 11) is 1.61. The Bertz CT molecular complexity index is 404. The number of aryl methyl sites for hydroxylation is 1. The van der Waals surface area contributed by atoms with Crippen LogP contribution in [0.4, 0.5) is 11.5 Å². The van der Waals surface area contributed by atoms with E-state index in [2.05, 4.69) is 17.2 Å². The third-order valence-corrected chi connectivity index (χ3v) is 2.55. The van der Waals surface area contributed by atoms with Crippen molar-refractivity contribution in [1.29, 1.82) is 0 Å². The summed E-state index contributed by atoms with van der Waals surface area (Å²) in [5.41, 5.74) is 0.776. The molecule has 18 heavy (non-hydrogen) atoms. The third-order valence-electron chi connectivity index (χ3n) is 2.55. The lowest BCUT2D eigenvalue weighted by molar-refractivity contribution is -0.384. The van der Waals surface area contributed by atoms with Crippen LogP contribution in [0.1, 0.15) is 25.3 Å². The maximum Gasteiger partial charge on any atom is 0.311 e. The predicted molar refractivity (Wildman–Crippen MR) is 69.8 cm³/mol. The fourth-order valence-electron chi connectivity index (χ4n) is 1.74. The molecule has 0 aliphatic carbocycles. The van der Waals surface area contributed by atoms with Gasteiger partial charge < -0.3 is 10.1 Å². The lowest BCUT2D eigenvalue weighted by Gasteiger charge is -2.17. The summed E-state index contributed by atoms with van der Waals surface area (Å²) < 4.78 is 5.09. The van der Waals surface area contributed by atoms with E-state index in [1.54, 1.807) is 20.2 Å². The first-order valence-corrected chi connectivity index (χ1v) is 5.95. The number of hydrogen-bond acceptors (Lipinski definition) is 5. The second-order valence-electron chi connectivity index (χ2n) is 4.22. The van der Waals surface area contributed by atoms with Gasteiger partial charge in [0.15, 0.2) is 0 Å². The topological polar surface area (TPSA) is 77.3 Å². The highest BCUT2D eigenvalue weighted by atomic mass is 16.6. The molecule has 6 nitrogen and oxygen atoms in total. The van der Waals surface area contributed by atoms with Crippen molar-refractivity contribution >= 4 is 11.5 Å². The van der Waals surface area contributed by atoms with Crippen molar-refractivity contribution in [2.24, 2.45) is 0 Å². The second-order valence-corrected chi connectivity index (χ2v) is 4.22. The maximum absolute atomic E-state index is 11.0. The molecule has 1 unspecified atom stereocenters. The molecule has 1 rings (SSSR count). The van der Waals surface area contributed by atoms with Crippen molar-refractivity contribution in [3.63, 3.8) is 0 Å². The summed E-state index contributed by atoms with van der Waals surface area (Å²) in [5.74, 6) is 0.307. The van der Waals surface area contributed by atoms with E-state index in [0.29, 0.717) is 12.4 Å². The monoisotopic (exact) mass is 253 g/mol. The quantitative estimate of drug-likeness (QED) is 0.596. The van der Waals surface area contributed by atoms with Gasteiger partial charge in [-0.1, -0.05) is 13.3 Å². The van der Waals surface area contributed by atoms with Crippen LogP contribution in [-0.2, 0) is 4.74 Å². The predicted octanol–water partition coefficient (Wildman–Crippen LogP) is 2.53. The van der Waals surface area contributed by atoms with E-state index in [0.717, 1.165) is 18.4 Å². The van der Waals surface area contributed by atoms with Crippen LogP contribution in [0.5, 0.6) is 0 Å². The highest BCUT2D eigenvalue weighted by molar-refractivity contribution is 5.57. The summed E-state index contributed by atoms with van der Waals surface area (Å²) in [4.78, 5) is 14.6. The molecule has 1 aromatic heterocycles. The van der Waals surface area contributed by atoms with Crippen molar-refractivity contribution in [3.05, 3.63) is 27.9 Å². The Balaban J connectivity index is 2.90. The minimum absolute atomic E-state index is 0.00667. The maximum atomic E-state index is 11.0. The fourth-order valence-corrected chi connectivity index (χ4v) is 1.74. The van der Waals surface area contributed by atoms with E-state index in [9.17, 15) is 10.1 Å². The number of anilines is 1. The molecule has 0 radical (unpaired) electrons. The van der Waals surface area contributed by atoms with Gasteiger partial charge in [-0.25, -0.2) is 4.98 Å². The molecule has 1 aromatic rings. The molecule has 0 fully saturated rings. The van der Waals surface area contributed by atoms with Crippen LogP contribution in [0.25, 0.3) is 0 Å². The molecule has 1 atom stereocenters. The van der Waals surface area contributed by atoms with Crippen LogP contribution >= 0.6 is 0 Å². The van der Waals surface area contributed by atoms with E-state index >= 15 is 0 Å². The van der Waals surface area contributed by atoms with Crippen LogP contribution < -0.4 is 5.32 Å². The van der Waals surface area contributed by atoms with Crippen LogP contribution in [-0.4, -0.2) is 29.7 Å². The molecule has 0 aliphatic rings. The minimum atomic E-state index is -0.419. The van der Waals surface area contributed by atoms with Gasteiger partial charge in [0.25, 0.3) is 0 Å². The Morgan fingerprint density at radius 2 is 2.33 bits per heavy atom. The molecule has 1 heterocycles. The zero-order valence-corrected chi connectivity index (χ0v) is 11.0. The number of pyridine rings is 1. The van der Waals surface area contributed by atoms with Crippen LogP contribution in [0, 0.1) is 17.0 Å². The summed E-state index contributed by atoms with van der Waals surface area (Å²) in [6.45, 7) is 4.34. The number of nitrogens with zero attached hydrogens (tertiary/aromatic N) is 2. The first kappa shape index (κ1) is 14.4. The number of methoxy groups -OCH3 is 1. The van der Waals surface area contributed by atoms with Gasteiger partial charge in [0, 0.05) is 19.4 Å².